The number of benzene rings is 1. The molecule has 0 aliphatic rings. The van der Waals surface area contributed by atoms with Crippen molar-refractivity contribution in [2.75, 3.05) is 11.5 Å². The molecule has 0 saturated carbocycles. The molecule has 1 aromatic heterocycles. The molecule has 0 atom stereocenters. The second-order valence-electron chi connectivity index (χ2n) is 4.42. The maximum Gasteiger partial charge on any atom is 0.180 e. The van der Waals surface area contributed by atoms with Crippen molar-refractivity contribution in [2.24, 2.45) is 0 Å². The molecule has 0 fully saturated rings. The van der Waals surface area contributed by atoms with E-state index in [9.17, 15) is 8.42 Å². The number of aromatic nitrogens is 2. The molecule has 2 rings (SSSR count). The van der Waals surface area contributed by atoms with Crippen LogP contribution in [0.2, 0.25) is 0 Å². The number of nitrogens with two attached hydrogens (primary N) is 1. The molecule has 7 heteroatoms. The number of sulfone groups is 1. The Bertz CT molecular complexity index is 735. The van der Waals surface area contributed by atoms with E-state index in [-0.39, 0.29) is 17.2 Å². The molecule has 1 aromatic carbocycles. The predicted molar refractivity (Wildman–Crippen MR) is 74.6 cm³/mol. The van der Waals surface area contributed by atoms with E-state index in [1.54, 1.807) is 6.20 Å². The lowest BCUT2D eigenvalue weighted by Gasteiger charge is -2.04. The van der Waals surface area contributed by atoms with Crippen LogP contribution in [0.4, 0.5) is 5.82 Å². The van der Waals surface area contributed by atoms with Gasteiger partial charge in [-0.05, 0) is 31.2 Å². The van der Waals surface area contributed by atoms with Crippen molar-refractivity contribution < 1.29 is 8.42 Å². The highest BCUT2D eigenvalue weighted by atomic mass is 32.2. The van der Waals surface area contributed by atoms with Gasteiger partial charge in [0.05, 0.1) is 28.8 Å². The zero-order valence-corrected chi connectivity index (χ0v) is 11.8. The minimum absolute atomic E-state index is 0.0700. The molecule has 2 aromatic rings. The summed E-state index contributed by atoms with van der Waals surface area (Å²) in [6, 6.07) is 7.81. The van der Waals surface area contributed by atoms with Gasteiger partial charge in [0.2, 0.25) is 0 Å². The molecule has 0 aliphatic heterocycles. The van der Waals surface area contributed by atoms with Gasteiger partial charge in [0.15, 0.2) is 9.84 Å². The topological polar surface area (TPSA) is 102 Å². The van der Waals surface area contributed by atoms with Crippen molar-refractivity contribution in [1.82, 2.24) is 9.78 Å². The summed E-state index contributed by atoms with van der Waals surface area (Å²) in [5.41, 5.74) is 6.86. The minimum Gasteiger partial charge on any atom is -0.382 e. The molecule has 20 heavy (non-hydrogen) atoms. The third-order valence-corrected chi connectivity index (χ3v) is 4.62. The van der Waals surface area contributed by atoms with E-state index in [0.717, 1.165) is 5.56 Å². The van der Waals surface area contributed by atoms with Crippen LogP contribution in [0, 0.1) is 18.3 Å². The average molecular weight is 290 g/mol. The van der Waals surface area contributed by atoms with Crippen molar-refractivity contribution in [3.8, 4) is 6.07 Å². The van der Waals surface area contributed by atoms with Gasteiger partial charge in [-0.3, -0.25) is 4.68 Å². The van der Waals surface area contributed by atoms with Crippen LogP contribution in [0.3, 0.4) is 0 Å². The first-order valence-corrected chi connectivity index (χ1v) is 7.60. The van der Waals surface area contributed by atoms with Gasteiger partial charge in [-0.15, -0.1) is 0 Å². The second-order valence-corrected chi connectivity index (χ2v) is 6.52. The SMILES string of the molecule is Cc1cn(CCS(=O)(=O)c2ccc(C#N)cc2)nc1N. The van der Waals surface area contributed by atoms with Gasteiger partial charge in [0.25, 0.3) is 0 Å². The molecule has 0 radical (unpaired) electrons. The molecular formula is C13H14N4O2S. The van der Waals surface area contributed by atoms with Crippen LogP contribution in [-0.2, 0) is 16.4 Å². The van der Waals surface area contributed by atoms with Crippen LogP contribution in [0.1, 0.15) is 11.1 Å². The predicted octanol–water partition coefficient (Wildman–Crippen LogP) is 1.12. The largest absolute Gasteiger partial charge is 0.382 e. The Hall–Kier alpha value is -2.33. The molecule has 2 N–H and O–H groups in total. The Balaban J connectivity index is 2.12. The molecule has 0 spiro atoms. The van der Waals surface area contributed by atoms with E-state index in [1.807, 2.05) is 13.0 Å². The number of rotatable bonds is 4. The summed E-state index contributed by atoms with van der Waals surface area (Å²) in [4.78, 5) is 0.202. The summed E-state index contributed by atoms with van der Waals surface area (Å²) >= 11 is 0. The second kappa shape index (κ2) is 5.35. The average Bonchev–Trinajstić information content (AvgIpc) is 2.76. The number of nitrogens with zero attached hydrogens (tertiary/aromatic N) is 3. The zero-order chi connectivity index (χ0) is 14.8. The van der Waals surface area contributed by atoms with E-state index in [0.29, 0.717) is 11.4 Å². The van der Waals surface area contributed by atoms with E-state index in [4.69, 9.17) is 11.0 Å². The molecule has 104 valence electrons. The van der Waals surface area contributed by atoms with Crippen molar-refractivity contribution in [3.63, 3.8) is 0 Å². The molecule has 0 aliphatic carbocycles. The number of nitrogen functional groups attached to an aromatic ring is 1. The number of anilines is 1. The van der Waals surface area contributed by atoms with Crippen LogP contribution in [0.5, 0.6) is 0 Å². The van der Waals surface area contributed by atoms with Gasteiger partial charge in [0.1, 0.15) is 5.82 Å². The first-order chi connectivity index (χ1) is 9.42. The van der Waals surface area contributed by atoms with Crippen LogP contribution in [0.25, 0.3) is 0 Å². The Labute approximate surface area is 117 Å². The fourth-order valence-corrected chi connectivity index (χ4v) is 2.93. The first-order valence-electron chi connectivity index (χ1n) is 5.95. The normalized spacial score (nSPS) is 11.2. The number of aryl methyl sites for hydroxylation is 2. The van der Waals surface area contributed by atoms with Crippen molar-refractivity contribution in [2.45, 2.75) is 18.4 Å². The van der Waals surface area contributed by atoms with Crippen molar-refractivity contribution >= 4 is 15.7 Å². The van der Waals surface area contributed by atoms with E-state index in [1.165, 1.54) is 28.9 Å². The fraction of sp³-hybridized carbons (Fsp3) is 0.231. The Kier molecular flexibility index (Phi) is 3.77. The highest BCUT2D eigenvalue weighted by Gasteiger charge is 2.15. The lowest BCUT2D eigenvalue weighted by atomic mass is 10.2. The smallest absolute Gasteiger partial charge is 0.180 e. The third kappa shape index (κ3) is 2.97. The molecular weight excluding hydrogens is 276 g/mol. The molecule has 0 bridgehead atoms. The Morgan fingerprint density at radius 3 is 2.50 bits per heavy atom. The van der Waals surface area contributed by atoms with Crippen LogP contribution >= 0.6 is 0 Å². The number of hydrogen-bond donors (Lipinski definition) is 1. The summed E-state index contributed by atoms with van der Waals surface area (Å²) in [6.07, 6.45) is 1.71. The van der Waals surface area contributed by atoms with Crippen LogP contribution in [0.15, 0.2) is 35.4 Å². The molecule has 0 amide bonds. The van der Waals surface area contributed by atoms with E-state index >= 15 is 0 Å². The summed E-state index contributed by atoms with van der Waals surface area (Å²) in [5, 5.41) is 12.7. The monoisotopic (exact) mass is 290 g/mol. The highest BCUT2D eigenvalue weighted by molar-refractivity contribution is 7.91. The van der Waals surface area contributed by atoms with Gasteiger partial charge in [-0.25, -0.2) is 8.42 Å². The van der Waals surface area contributed by atoms with E-state index < -0.39 is 9.84 Å². The van der Waals surface area contributed by atoms with Gasteiger partial charge < -0.3 is 5.73 Å². The summed E-state index contributed by atoms with van der Waals surface area (Å²) in [5.74, 6) is 0.334. The van der Waals surface area contributed by atoms with Gasteiger partial charge in [-0.2, -0.15) is 10.4 Å². The van der Waals surface area contributed by atoms with Crippen molar-refractivity contribution in [1.29, 1.82) is 5.26 Å². The van der Waals surface area contributed by atoms with Crippen LogP contribution < -0.4 is 5.73 Å². The van der Waals surface area contributed by atoms with Crippen molar-refractivity contribution in [3.05, 3.63) is 41.6 Å². The number of hydrogen-bond acceptors (Lipinski definition) is 5. The minimum atomic E-state index is -3.40. The van der Waals surface area contributed by atoms with Gasteiger partial charge in [-0.1, -0.05) is 0 Å². The zero-order valence-electron chi connectivity index (χ0n) is 10.9. The first kappa shape index (κ1) is 14.1. The van der Waals surface area contributed by atoms with Gasteiger partial charge in [0, 0.05) is 11.8 Å². The molecule has 0 saturated heterocycles. The quantitative estimate of drug-likeness (QED) is 0.909. The summed E-state index contributed by atoms with van der Waals surface area (Å²) in [6.45, 7) is 2.05. The lowest BCUT2D eigenvalue weighted by molar-refractivity contribution is 0.581. The summed E-state index contributed by atoms with van der Waals surface area (Å²) < 4.78 is 25.8. The lowest BCUT2D eigenvalue weighted by Crippen LogP contribution is -2.13. The fourth-order valence-electron chi connectivity index (χ4n) is 1.72. The summed E-state index contributed by atoms with van der Waals surface area (Å²) in [7, 11) is -3.40. The molecule has 1 heterocycles. The molecule has 6 nitrogen and oxygen atoms in total. The standard InChI is InChI=1S/C13H14N4O2S/c1-10-9-17(16-13(10)15)6-7-20(18,19)12-4-2-11(8-14)3-5-12/h2-5,9H,6-7H2,1H3,(H2,15,16). The van der Waals surface area contributed by atoms with E-state index in [2.05, 4.69) is 5.10 Å². The maximum atomic E-state index is 12.1. The number of nitriles is 1. The Morgan fingerprint density at radius 2 is 2.00 bits per heavy atom. The maximum absolute atomic E-state index is 12.1. The third-order valence-electron chi connectivity index (χ3n) is 2.91. The van der Waals surface area contributed by atoms with Gasteiger partial charge >= 0.3 is 0 Å². The molecule has 0 unspecified atom stereocenters. The highest BCUT2D eigenvalue weighted by Crippen LogP contribution is 2.13. The Morgan fingerprint density at radius 1 is 1.35 bits per heavy atom. The van der Waals surface area contributed by atoms with Crippen LogP contribution in [-0.4, -0.2) is 24.0 Å².